The minimum Gasteiger partial charge on any atom is -0.376 e. The summed E-state index contributed by atoms with van der Waals surface area (Å²) in [6.07, 6.45) is -12.9. The zero-order valence-corrected chi connectivity index (χ0v) is 14.4. The summed E-state index contributed by atoms with van der Waals surface area (Å²) in [5, 5.41) is 8.80. The van der Waals surface area contributed by atoms with Gasteiger partial charge < -0.3 is 5.11 Å². The Kier molecular flexibility index (Phi) is 6.52. The summed E-state index contributed by atoms with van der Waals surface area (Å²) in [6, 6.07) is 10.1. The number of alkyl halides is 6. The van der Waals surface area contributed by atoms with Crippen molar-refractivity contribution in [1.82, 2.24) is 10.9 Å². The van der Waals surface area contributed by atoms with Crippen molar-refractivity contribution in [3.63, 3.8) is 0 Å². The van der Waals surface area contributed by atoms with Crippen LogP contribution in [0, 0.1) is 0 Å². The van der Waals surface area contributed by atoms with E-state index in [0.717, 1.165) is 12.1 Å². The first-order valence-corrected chi connectivity index (χ1v) is 7.98. The van der Waals surface area contributed by atoms with Crippen LogP contribution < -0.4 is 10.9 Å². The van der Waals surface area contributed by atoms with Gasteiger partial charge in [0.05, 0.1) is 5.56 Å². The average molecular weight is 420 g/mol. The molecule has 2 amide bonds. The lowest BCUT2D eigenvalue weighted by atomic mass is 9.98. The summed E-state index contributed by atoms with van der Waals surface area (Å²) < 4.78 is 74.6. The smallest absolute Gasteiger partial charge is 0.376 e. The molecule has 0 bridgehead atoms. The number of amides is 2. The number of nitrogens with one attached hydrogen (secondary N) is 2. The number of benzene rings is 2. The largest absolute Gasteiger partial charge is 0.423 e. The number of aliphatic hydroxyl groups excluding tert-OH is 1. The first-order chi connectivity index (χ1) is 13.4. The molecule has 0 spiro atoms. The molecule has 1 unspecified atom stereocenters. The molecule has 0 aliphatic rings. The van der Waals surface area contributed by atoms with Gasteiger partial charge in [-0.2, -0.15) is 26.3 Å². The van der Waals surface area contributed by atoms with E-state index in [1.54, 1.807) is 11.5 Å². The van der Waals surface area contributed by atoms with Crippen LogP contribution in [0.15, 0.2) is 48.5 Å². The molecule has 2 aromatic carbocycles. The molecule has 156 valence electrons. The Morgan fingerprint density at radius 1 is 0.897 bits per heavy atom. The SMILES string of the molecule is O=C(NNC(=O)C(O)C(F)(F)F)c1ccccc1Cc1ccc(C(F)(F)F)cc1. The van der Waals surface area contributed by atoms with Gasteiger partial charge in [0.1, 0.15) is 0 Å². The number of carbonyl (C=O) groups is 2. The summed E-state index contributed by atoms with van der Waals surface area (Å²) in [4.78, 5) is 23.4. The van der Waals surface area contributed by atoms with Gasteiger partial charge in [0.15, 0.2) is 0 Å². The van der Waals surface area contributed by atoms with E-state index in [-0.39, 0.29) is 12.0 Å². The fourth-order valence-electron chi connectivity index (χ4n) is 2.33. The highest BCUT2D eigenvalue weighted by atomic mass is 19.4. The summed E-state index contributed by atoms with van der Waals surface area (Å²) >= 11 is 0. The molecule has 0 saturated carbocycles. The van der Waals surface area contributed by atoms with Gasteiger partial charge in [-0.15, -0.1) is 0 Å². The van der Waals surface area contributed by atoms with Gasteiger partial charge in [-0.25, -0.2) is 0 Å². The van der Waals surface area contributed by atoms with Crippen LogP contribution in [-0.2, 0) is 17.4 Å². The highest BCUT2D eigenvalue weighted by Gasteiger charge is 2.43. The third-order valence-electron chi connectivity index (χ3n) is 3.80. The van der Waals surface area contributed by atoms with Crippen molar-refractivity contribution in [3.8, 4) is 0 Å². The van der Waals surface area contributed by atoms with E-state index in [1.807, 2.05) is 0 Å². The normalized spacial score (nSPS) is 12.9. The fraction of sp³-hybridized carbons (Fsp3) is 0.222. The van der Waals surface area contributed by atoms with Crippen LogP contribution in [0.5, 0.6) is 0 Å². The fourth-order valence-corrected chi connectivity index (χ4v) is 2.33. The second kappa shape index (κ2) is 8.52. The Morgan fingerprint density at radius 3 is 2.03 bits per heavy atom. The molecule has 0 fully saturated rings. The molecule has 0 saturated heterocycles. The molecular formula is C18H14F6N2O3. The molecule has 1 atom stereocenters. The number of rotatable bonds is 4. The lowest BCUT2D eigenvalue weighted by Gasteiger charge is -2.15. The van der Waals surface area contributed by atoms with E-state index in [1.165, 1.54) is 35.8 Å². The van der Waals surface area contributed by atoms with Crippen molar-refractivity contribution in [3.05, 3.63) is 70.8 Å². The van der Waals surface area contributed by atoms with Gasteiger partial charge in [-0.05, 0) is 35.7 Å². The maximum absolute atomic E-state index is 12.6. The van der Waals surface area contributed by atoms with Gasteiger partial charge in [0.2, 0.25) is 6.10 Å². The van der Waals surface area contributed by atoms with E-state index >= 15 is 0 Å². The molecule has 11 heteroatoms. The minimum absolute atomic E-state index is 0.0193. The topological polar surface area (TPSA) is 78.4 Å². The van der Waals surface area contributed by atoms with Crippen LogP contribution in [0.1, 0.15) is 27.0 Å². The van der Waals surface area contributed by atoms with Crippen LogP contribution in [0.25, 0.3) is 0 Å². The summed E-state index contributed by atoms with van der Waals surface area (Å²) in [5.41, 5.74) is 3.18. The van der Waals surface area contributed by atoms with Gasteiger partial charge in [0.25, 0.3) is 11.8 Å². The standard InChI is InChI=1S/C18H14F6N2O3/c19-17(20,21)12-7-5-10(6-8-12)9-11-3-1-2-4-13(11)15(28)25-26-16(29)14(27)18(22,23)24/h1-8,14,27H,9H2,(H,25,28)(H,26,29). The van der Waals surface area contributed by atoms with E-state index in [0.29, 0.717) is 11.1 Å². The second-order valence-corrected chi connectivity index (χ2v) is 5.92. The van der Waals surface area contributed by atoms with E-state index in [4.69, 9.17) is 5.11 Å². The number of hydrogen-bond acceptors (Lipinski definition) is 3. The number of hydrogen-bond donors (Lipinski definition) is 3. The number of hydrazine groups is 1. The van der Waals surface area contributed by atoms with Crippen molar-refractivity contribution in [2.24, 2.45) is 0 Å². The van der Waals surface area contributed by atoms with Crippen LogP contribution in [-0.4, -0.2) is 29.2 Å². The highest BCUT2D eigenvalue weighted by molar-refractivity contribution is 5.97. The Labute approximate surface area is 160 Å². The van der Waals surface area contributed by atoms with Crippen LogP contribution in [0.2, 0.25) is 0 Å². The van der Waals surface area contributed by atoms with Crippen LogP contribution in [0.4, 0.5) is 26.3 Å². The Hall–Kier alpha value is -3.08. The van der Waals surface area contributed by atoms with Gasteiger partial charge in [-0.1, -0.05) is 30.3 Å². The van der Waals surface area contributed by atoms with Crippen LogP contribution >= 0.6 is 0 Å². The van der Waals surface area contributed by atoms with Crippen molar-refractivity contribution in [2.75, 3.05) is 0 Å². The number of aliphatic hydroxyl groups is 1. The van der Waals surface area contributed by atoms with Crippen molar-refractivity contribution in [1.29, 1.82) is 0 Å². The summed E-state index contributed by atoms with van der Waals surface area (Å²) in [5.74, 6) is -2.83. The third kappa shape index (κ3) is 5.95. The molecule has 0 aromatic heterocycles. The molecule has 0 heterocycles. The third-order valence-corrected chi connectivity index (χ3v) is 3.80. The van der Waals surface area contributed by atoms with E-state index in [9.17, 15) is 35.9 Å². The Balaban J connectivity index is 2.10. The van der Waals surface area contributed by atoms with Crippen molar-refractivity contribution in [2.45, 2.75) is 24.9 Å². The first-order valence-electron chi connectivity index (χ1n) is 7.98. The predicted octanol–water partition coefficient (Wildman–Crippen LogP) is 2.98. The second-order valence-electron chi connectivity index (χ2n) is 5.92. The maximum Gasteiger partial charge on any atom is 0.423 e. The molecule has 29 heavy (non-hydrogen) atoms. The molecule has 5 nitrogen and oxygen atoms in total. The monoisotopic (exact) mass is 420 g/mol. The number of halogens is 6. The zero-order valence-electron chi connectivity index (χ0n) is 14.4. The van der Waals surface area contributed by atoms with Crippen LogP contribution in [0.3, 0.4) is 0 Å². The molecule has 0 aliphatic carbocycles. The lowest BCUT2D eigenvalue weighted by molar-refractivity contribution is -0.205. The predicted molar refractivity (Wildman–Crippen MR) is 88.4 cm³/mol. The lowest BCUT2D eigenvalue weighted by Crippen LogP contribution is -2.51. The first kappa shape index (κ1) is 22.2. The Bertz CT molecular complexity index is 878. The quantitative estimate of drug-likeness (QED) is 0.526. The van der Waals surface area contributed by atoms with E-state index in [2.05, 4.69) is 0 Å². The van der Waals surface area contributed by atoms with Crippen molar-refractivity contribution < 1.29 is 41.0 Å². The van der Waals surface area contributed by atoms with Gasteiger partial charge >= 0.3 is 12.4 Å². The zero-order chi connectivity index (χ0) is 21.8. The Morgan fingerprint density at radius 2 is 1.48 bits per heavy atom. The molecule has 3 N–H and O–H groups in total. The van der Waals surface area contributed by atoms with E-state index < -0.39 is 35.8 Å². The highest BCUT2D eigenvalue weighted by Crippen LogP contribution is 2.29. The van der Waals surface area contributed by atoms with Gasteiger partial charge in [0, 0.05) is 5.56 Å². The average Bonchev–Trinajstić information content (AvgIpc) is 2.64. The minimum atomic E-state index is -5.20. The molecule has 0 radical (unpaired) electrons. The molecule has 2 rings (SSSR count). The maximum atomic E-state index is 12.6. The number of carbonyl (C=O) groups excluding carboxylic acids is 2. The molecule has 0 aliphatic heterocycles. The molecular weight excluding hydrogens is 406 g/mol. The van der Waals surface area contributed by atoms with Gasteiger partial charge in [-0.3, -0.25) is 20.4 Å². The summed E-state index contributed by atoms with van der Waals surface area (Å²) in [7, 11) is 0. The summed E-state index contributed by atoms with van der Waals surface area (Å²) in [6.45, 7) is 0. The van der Waals surface area contributed by atoms with Crippen molar-refractivity contribution >= 4 is 11.8 Å². The molecule has 2 aromatic rings.